The maximum absolute atomic E-state index is 12.4. The van der Waals surface area contributed by atoms with Crippen molar-refractivity contribution < 1.29 is 14.6 Å². The summed E-state index contributed by atoms with van der Waals surface area (Å²) in [6.45, 7) is 8.49. The van der Waals surface area contributed by atoms with Crippen LogP contribution in [0.25, 0.3) is 16.7 Å². The average molecular weight is 483 g/mol. The quantitative estimate of drug-likeness (QED) is 0.263. The third-order valence-electron chi connectivity index (χ3n) is 7.43. The van der Waals surface area contributed by atoms with Gasteiger partial charge in [-0.25, -0.2) is 0 Å². The SMILES string of the molecule is C=C(/C(=C\C)c1ccc(-c2ccc(C3(C(=O)OCC)CC3)cc2)cc1)C(O)CCCC1=CCCC=C1. The van der Waals surface area contributed by atoms with Gasteiger partial charge in [0.2, 0.25) is 0 Å². The highest BCUT2D eigenvalue weighted by molar-refractivity contribution is 5.87. The maximum Gasteiger partial charge on any atom is 0.316 e. The average Bonchev–Trinajstić information content (AvgIpc) is 3.73. The monoisotopic (exact) mass is 482 g/mol. The van der Waals surface area contributed by atoms with Crippen molar-refractivity contribution in [2.45, 2.75) is 70.3 Å². The molecule has 0 heterocycles. The molecule has 2 aliphatic rings. The second kappa shape index (κ2) is 11.7. The summed E-state index contributed by atoms with van der Waals surface area (Å²) < 4.78 is 5.30. The molecule has 1 unspecified atom stereocenters. The Morgan fingerprint density at radius 2 is 1.75 bits per heavy atom. The van der Waals surface area contributed by atoms with Gasteiger partial charge in [-0.2, -0.15) is 0 Å². The number of aliphatic hydroxyl groups excluding tert-OH is 1. The van der Waals surface area contributed by atoms with Gasteiger partial charge in [0.05, 0.1) is 18.1 Å². The van der Waals surface area contributed by atoms with Gasteiger partial charge in [-0.1, -0.05) is 85.0 Å². The van der Waals surface area contributed by atoms with Crippen LogP contribution < -0.4 is 0 Å². The van der Waals surface area contributed by atoms with E-state index in [1.165, 1.54) is 5.57 Å². The van der Waals surface area contributed by atoms with Gasteiger partial charge in [0, 0.05) is 0 Å². The summed E-state index contributed by atoms with van der Waals surface area (Å²) in [4.78, 5) is 12.4. The standard InChI is InChI=1S/C33H38O3/c1-4-30(24(3)31(34)13-9-12-25-10-7-6-8-11-25)28-16-14-26(15-17-28)27-18-20-29(21-19-27)33(22-23-33)32(35)36-5-2/h4,7,10-11,14-21,31,34H,3,5-6,8-9,12-13,22-23H2,1-2H3/b30-4+. The molecule has 0 amide bonds. The van der Waals surface area contributed by atoms with E-state index in [0.29, 0.717) is 13.0 Å². The molecule has 0 aliphatic heterocycles. The molecule has 0 radical (unpaired) electrons. The highest BCUT2D eigenvalue weighted by Crippen LogP contribution is 2.49. The van der Waals surface area contributed by atoms with Gasteiger partial charge in [0.15, 0.2) is 0 Å². The highest BCUT2D eigenvalue weighted by Gasteiger charge is 2.52. The molecule has 0 bridgehead atoms. The van der Waals surface area contributed by atoms with Crippen LogP contribution in [0.4, 0.5) is 0 Å². The lowest BCUT2D eigenvalue weighted by Gasteiger charge is -2.18. The van der Waals surface area contributed by atoms with Crippen molar-refractivity contribution in [3.8, 4) is 11.1 Å². The first kappa shape index (κ1) is 25.9. The van der Waals surface area contributed by atoms with E-state index in [9.17, 15) is 9.90 Å². The number of hydrogen-bond acceptors (Lipinski definition) is 3. The summed E-state index contributed by atoms with van der Waals surface area (Å²) in [6, 6.07) is 16.7. The fourth-order valence-corrected chi connectivity index (χ4v) is 5.07. The molecule has 1 atom stereocenters. The van der Waals surface area contributed by atoms with Gasteiger partial charge in [-0.3, -0.25) is 4.79 Å². The van der Waals surface area contributed by atoms with Gasteiger partial charge in [0.1, 0.15) is 0 Å². The molecule has 1 N–H and O–H groups in total. The lowest BCUT2D eigenvalue weighted by molar-refractivity contribution is -0.146. The first-order valence-electron chi connectivity index (χ1n) is 13.3. The van der Waals surface area contributed by atoms with Gasteiger partial charge in [0.25, 0.3) is 0 Å². The fourth-order valence-electron chi connectivity index (χ4n) is 5.07. The van der Waals surface area contributed by atoms with Crippen LogP contribution in [-0.2, 0) is 14.9 Å². The van der Waals surface area contributed by atoms with E-state index in [1.807, 2.05) is 19.9 Å². The van der Waals surface area contributed by atoms with Crippen molar-refractivity contribution in [3.05, 3.63) is 102 Å². The first-order valence-corrected chi connectivity index (χ1v) is 13.3. The largest absolute Gasteiger partial charge is 0.465 e. The first-order chi connectivity index (χ1) is 17.5. The smallest absolute Gasteiger partial charge is 0.316 e. The normalized spacial score (nSPS) is 17.3. The lowest BCUT2D eigenvalue weighted by atomic mass is 9.90. The zero-order valence-electron chi connectivity index (χ0n) is 21.6. The molecule has 3 nitrogen and oxygen atoms in total. The highest BCUT2D eigenvalue weighted by atomic mass is 16.5. The van der Waals surface area contributed by atoms with E-state index in [0.717, 1.165) is 71.9 Å². The van der Waals surface area contributed by atoms with E-state index < -0.39 is 11.5 Å². The Bertz CT molecular complexity index is 1160. The van der Waals surface area contributed by atoms with Crippen LogP contribution in [0.5, 0.6) is 0 Å². The number of esters is 1. The summed E-state index contributed by atoms with van der Waals surface area (Å²) in [5, 5.41) is 10.8. The molecule has 36 heavy (non-hydrogen) atoms. The minimum absolute atomic E-state index is 0.105. The molecule has 0 saturated heterocycles. The van der Waals surface area contributed by atoms with Crippen molar-refractivity contribution in [3.63, 3.8) is 0 Å². The number of ether oxygens (including phenoxy) is 1. The van der Waals surface area contributed by atoms with E-state index in [2.05, 4.69) is 73.3 Å². The Balaban J connectivity index is 1.38. The van der Waals surface area contributed by atoms with E-state index in [4.69, 9.17) is 4.74 Å². The molecule has 2 aromatic carbocycles. The lowest BCUT2D eigenvalue weighted by Crippen LogP contribution is -2.23. The fraction of sp³-hybridized carbons (Fsp3) is 0.364. The molecule has 188 valence electrons. The third kappa shape index (κ3) is 5.79. The predicted molar refractivity (Wildman–Crippen MR) is 149 cm³/mol. The van der Waals surface area contributed by atoms with Crippen LogP contribution in [-0.4, -0.2) is 23.8 Å². The van der Waals surface area contributed by atoms with Gasteiger partial charge < -0.3 is 9.84 Å². The van der Waals surface area contributed by atoms with Crippen molar-refractivity contribution in [2.24, 2.45) is 0 Å². The van der Waals surface area contributed by atoms with Crippen LogP contribution in [0.3, 0.4) is 0 Å². The Morgan fingerprint density at radius 3 is 2.31 bits per heavy atom. The number of hydrogen-bond donors (Lipinski definition) is 1. The number of aliphatic hydroxyl groups is 1. The van der Waals surface area contributed by atoms with Crippen molar-refractivity contribution in [1.29, 1.82) is 0 Å². The number of allylic oxidation sites excluding steroid dienone is 5. The van der Waals surface area contributed by atoms with Crippen LogP contribution in [0.15, 0.2) is 90.6 Å². The zero-order valence-corrected chi connectivity index (χ0v) is 21.6. The summed E-state index contributed by atoms with van der Waals surface area (Å²) in [6.07, 6.45) is 14.9. The molecule has 2 aromatic rings. The van der Waals surface area contributed by atoms with Crippen LogP contribution in [0.1, 0.15) is 69.9 Å². The number of benzene rings is 2. The number of rotatable bonds is 11. The van der Waals surface area contributed by atoms with Gasteiger partial charge in [-0.05, 0) is 92.2 Å². The van der Waals surface area contributed by atoms with Crippen molar-refractivity contribution >= 4 is 11.5 Å². The Kier molecular flexibility index (Phi) is 8.43. The summed E-state index contributed by atoms with van der Waals surface area (Å²) >= 11 is 0. The van der Waals surface area contributed by atoms with Gasteiger partial charge >= 0.3 is 5.97 Å². The van der Waals surface area contributed by atoms with E-state index in [1.54, 1.807) is 0 Å². The predicted octanol–water partition coefficient (Wildman–Crippen LogP) is 7.72. The molecular formula is C33H38O3. The molecule has 0 spiro atoms. The summed E-state index contributed by atoms with van der Waals surface area (Å²) in [5.41, 5.74) is 7.02. The topological polar surface area (TPSA) is 46.5 Å². The van der Waals surface area contributed by atoms with Crippen molar-refractivity contribution in [1.82, 2.24) is 0 Å². The van der Waals surface area contributed by atoms with Crippen LogP contribution in [0, 0.1) is 0 Å². The van der Waals surface area contributed by atoms with Crippen molar-refractivity contribution in [2.75, 3.05) is 6.61 Å². The second-order valence-corrected chi connectivity index (χ2v) is 9.85. The Morgan fingerprint density at radius 1 is 1.08 bits per heavy atom. The minimum atomic E-state index is -0.550. The Labute approximate surface area is 215 Å². The third-order valence-corrected chi connectivity index (χ3v) is 7.43. The maximum atomic E-state index is 12.4. The zero-order chi connectivity index (χ0) is 25.5. The van der Waals surface area contributed by atoms with E-state index >= 15 is 0 Å². The molecule has 4 rings (SSSR count). The summed E-state index contributed by atoms with van der Waals surface area (Å²) in [5.74, 6) is -0.105. The molecular weight excluding hydrogens is 444 g/mol. The Hall–Kier alpha value is -3.17. The second-order valence-electron chi connectivity index (χ2n) is 9.85. The van der Waals surface area contributed by atoms with Crippen LogP contribution >= 0.6 is 0 Å². The summed E-state index contributed by atoms with van der Waals surface area (Å²) in [7, 11) is 0. The number of carbonyl (C=O) groups excluding carboxylic acids is 1. The van der Waals surface area contributed by atoms with Crippen LogP contribution in [0.2, 0.25) is 0 Å². The van der Waals surface area contributed by atoms with Gasteiger partial charge in [-0.15, -0.1) is 0 Å². The molecule has 1 fully saturated rings. The minimum Gasteiger partial charge on any atom is -0.465 e. The van der Waals surface area contributed by atoms with E-state index in [-0.39, 0.29) is 5.97 Å². The molecule has 2 aliphatic carbocycles. The molecule has 0 aromatic heterocycles. The molecule has 1 saturated carbocycles. The number of carbonyl (C=O) groups is 1. The molecule has 3 heteroatoms.